The second-order valence-electron chi connectivity index (χ2n) is 6.66. The molecule has 1 aliphatic heterocycles. The summed E-state index contributed by atoms with van der Waals surface area (Å²) in [6.45, 7) is -0.570. The van der Waals surface area contributed by atoms with Crippen LogP contribution in [0.1, 0.15) is 0 Å². The molecule has 0 saturated heterocycles. The lowest BCUT2D eigenvalue weighted by Crippen LogP contribution is -2.50. The zero-order valence-corrected chi connectivity index (χ0v) is 18.6. The molecule has 1 heterocycles. The van der Waals surface area contributed by atoms with Gasteiger partial charge in [0.25, 0.3) is 0 Å². The number of ether oxygens (including phenoxy) is 3. The van der Waals surface area contributed by atoms with Crippen LogP contribution in [0.4, 0.5) is 5.69 Å². The monoisotopic (exact) mass is 468 g/mol. The molecule has 0 saturated carbocycles. The van der Waals surface area contributed by atoms with E-state index < -0.39 is 34.5 Å². The number of anilines is 1. The Kier molecular flexibility index (Phi) is 6.73. The van der Waals surface area contributed by atoms with E-state index in [4.69, 9.17) is 25.8 Å². The maximum absolute atomic E-state index is 13.0. The molecule has 1 amide bonds. The number of halogens is 1. The van der Waals surface area contributed by atoms with E-state index in [1.165, 1.54) is 44.4 Å². The molecule has 166 valence electrons. The van der Waals surface area contributed by atoms with Crippen molar-refractivity contribution in [2.75, 3.05) is 39.3 Å². The molecule has 31 heavy (non-hydrogen) atoms. The number of hydrogen-bond donors (Lipinski definition) is 0. The summed E-state index contributed by atoms with van der Waals surface area (Å²) in [7, 11) is -0.0824. The third kappa shape index (κ3) is 4.60. The van der Waals surface area contributed by atoms with Crippen LogP contribution in [-0.4, -0.2) is 65.1 Å². The number of carbonyl (C=O) groups excluding carboxylic acids is 2. The van der Waals surface area contributed by atoms with E-state index in [1.807, 2.05) is 0 Å². The summed E-state index contributed by atoms with van der Waals surface area (Å²) in [5.74, 6) is -0.514. The number of hydrogen-bond acceptors (Lipinski definition) is 7. The summed E-state index contributed by atoms with van der Waals surface area (Å²) in [5, 5.41) is 0.131. The molecular formula is C20H21ClN2O7S. The number of benzene rings is 2. The van der Waals surface area contributed by atoms with E-state index in [9.17, 15) is 18.0 Å². The Morgan fingerprint density at radius 3 is 2.58 bits per heavy atom. The smallest absolute Gasteiger partial charge is 0.348 e. The third-order valence-corrected chi connectivity index (χ3v) is 6.82. The molecule has 0 aromatic heterocycles. The van der Waals surface area contributed by atoms with Crippen molar-refractivity contribution in [3.63, 3.8) is 0 Å². The number of para-hydroxylation sites is 2. The van der Waals surface area contributed by atoms with Gasteiger partial charge in [0.15, 0.2) is 0 Å². The van der Waals surface area contributed by atoms with Crippen molar-refractivity contribution in [3.05, 3.63) is 47.5 Å². The number of amides is 1. The zero-order valence-electron chi connectivity index (χ0n) is 17.1. The van der Waals surface area contributed by atoms with Crippen LogP contribution >= 0.6 is 11.6 Å². The van der Waals surface area contributed by atoms with Gasteiger partial charge in [-0.1, -0.05) is 23.7 Å². The molecule has 1 aliphatic rings. The van der Waals surface area contributed by atoms with Gasteiger partial charge >= 0.3 is 5.97 Å². The minimum Gasteiger partial charge on any atom is -0.495 e. The molecule has 1 unspecified atom stereocenters. The van der Waals surface area contributed by atoms with Gasteiger partial charge in [0.2, 0.25) is 22.0 Å². The molecule has 0 fully saturated rings. The molecular weight excluding hydrogens is 448 g/mol. The molecule has 1 atom stereocenters. The molecule has 11 heteroatoms. The van der Waals surface area contributed by atoms with Gasteiger partial charge in [0.1, 0.15) is 11.5 Å². The average molecular weight is 469 g/mol. The summed E-state index contributed by atoms with van der Waals surface area (Å²) in [4.78, 5) is 26.3. The predicted octanol–water partition coefficient (Wildman–Crippen LogP) is 1.94. The Balaban J connectivity index is 1.84. The van der Waals surface area contributed by atoms with Gasteiger partial charge in [-0.25, -0.2) is 13.2 Å². The Hall–Kier alpha value is -2.82. The van der Waals surface area contributed by atoms with Crippen molar-refractivity contribution >= 4 is 39.2 Å². The minimum atomic E-state index is -4.01. The van der Waals surface area contributed by atoms with Gasteiger partial charge < -0.3 is 19.1 Å². The molecule has 3 rings (SSSR count). The lowest BCUT2D eigenvalue weighted by molar-refractivity contribution is -0.148. The predicted molar refractivity (Wildman–Crippen MR) is 113 cm³/mol. The van der Waals surface area contributed by atoms with Crippen LogP contribution in [0.3, 0.4) is 0 Å². The van der Waals surface area contributed by atoms with Crippen molar-refractivity contribution in [3.8, 4) is 11.5 Å². The first-order chi connectivity index (χ1) is 14.7. The van der Waals surface area contributed by atoms with Gasteiger partial charge in [0.05, 0.1) is 42.9 Å². The van der Waals surface area contributed by atoms with Crippen molar-refractivity contribution in [2.45, 2.75) is 11.0 Å². The van der Waals surface area contributed by atoms with Crippen molar-refractivity contribution in [1.29, 1.82) is 0 Å². The van der Waals surface area contributed by atoms with E-state index in [1.54, 1.807) is 24.3 Å². The third-order valence-electron chi connectivity index (χ3n) is 4.73. The van der Waals surface area contributed by atoms with Crippen LogP contribution in [-0.2, 0) is 24.3 Å². The van der Waals surface area contributed by atoms with E-state index >= 15 is 0 Å². The summed E-state index contributed by atoms with van der Waals surface area (Å²) in [6.07, 6.45) is -1.02. The molecule has 0 radical (unpaired) electrons. The molecule has 0 spiro atoms. The summed E-state index contributed by atoms with van der Waals surface area (Å²) in [5.41, 5.74) is 0.436. The van der Waals surface area contributed by atoms with E-state index in [-0.39, 0.29) is 16.5 Å². The molecule has 0 N–H and O–H groups in total. The fourth-order valence-electron chi connectivity index (χ4n) is 3.07. The SMILES string of the molecule is COC(=O)C1CN(C(=O)CN(C)S(=O)(=O)c2ccc(OC)c(Cl)c2)c2ccccc2O1. The Morgan fingerprint density at radius 2 is 1.94 bits per heavy atom. The fourth-order valence-corrected chi connectivity index (χ4v) is 4.54. The first-order valence-corrected chi connectivity index (χ1v) is 10.9. The highest BCUT2D eigenvalue weighted by atomic mass is 35.5. The number of carbonyl (C=O) groups is 2. The first kappa shape index (κ1) is 22.9. The highest BCUT2D eigenvalue weighted by molar-refractivity contribution is 7.89. The molecule has 2 aromatic rings. The maximum Gasteiger partial charge on any atom is 0.348 e. The number of nitrogens with zero attached hydrogens (tertiary/aromatic N) is 2. The number of fused-ring (bicyclic) bond motifs is 1. The number of rotatable bonds is 6. The van der Waals surface area contributed by atoms with Crippen LogP contribution < -0.4 is 14.4 Å². The number of sulfonamides is 1. The van der Waals surface area contributed by atoms with E-state index in [2.05, 4.69) is 0 Å². The topological polar surface area (TPSA) is 102 Å². The van der Waals surface area contributed by atoms with E-state index in [0.29, 0.717) is 17.2 Å². The van der Waals surface area contributed by atoms with Gasteiger partial charge in [0, 0.05) is 7.05 Å². The van der Waals surface area contributed by atoms with Crippen LogP contribution in [0.5, 0.6) is 11.5 Å². The van der Waals surface area contributed by atoms with Crippen LogP contribution in [0.2, 0.25) is 5.02 Å². The van der Waals surface area contributed by atoms with Crippen LogP contribution in [0, 0.1) is 0 Å². The highest BCUT2D eigenvalue weighted by Gasteiger charge is 2.35. The van der Waals surface area contributed by atoms with Crippen molar-refractivity contribution in [1.82, 2.24) is 4.31 Å². The lowest BCUT2D eigenvalue weighted by Gasteiger charge is -2.34. The van der Waals surface area contributed by atoms with Crippen molar-refractivity contribution in [2.24, 2.45) is 0 Å². The van der Waals surface area contributed by atoms with Gasteiger partial charge in [-0.2, -0.15) is 4.31 Å². The zero-order chi connectivity index (χ0) is 22.8. The summed E-state index contributed by atoms with van der Waals surface area (Å²) >= 11 is 6.04. The number of esters is 1. The van der Waals surface area contributed by atoms with Gasteiger partial charge in [-0.05, 0) is 30.3 Å². The Labute approximate surface area is 185 Å². The molecule has 0 bridgehead atoms. The Morgan fingerprint density at radius 1 is 1.23 bits per heavy atom. The quantitative estimate of drug-likeness (QED) is 0.597. The molecule has 2 aromatic carbocycles. The first-order valence-electron chi connectivity index (χ1n) is 9.12. The lowest BCUT2D eigenvalue weighted by atomic mass is 10.2. The fraction of sp³-hybridized carbons (Fsp3) is 0.300. The number of likely N-dealkylation sites (N-methyl/N-ethyl adjacent to an activating group) is 1. The largest absolute Gasteiger partial charge is 0.495 e. The number of methoxy groups -OCH3 is 2. The normalized spacial score (nSPS) is 15.8. The van der Waals surface area contributed by atoms with Crippen LogP contribution in [0.25, 0.3) is 0 Å². The second kappa shape index (κ2) is 9.13. The maximum atomic E-state index is 13.0. The Bertz CT molecular complexity index is 1110. The summed E-state index contributed by atoms with van der Waals surface area (Å²) in [6, 6.07) is 10.7. The van der Waals surface area contributed by atoms with E-state index in [0.717, 1.165) is 4.31 Å². The van der Waals surface area contributed by atoms with Crippen LogP contribution in [0.15, 0.2) is 47.4 Å². The minimum absolute atomic E-state index is 0.0802. The van der Waals surface area contributed by atoms with Gasteiger partial charge in [-0.3, -0.25) is 4.79 Å². The highest BCUT2D eigenvalue weighted by Crippen LogP contribution is 2.34. The molecule has 0 aliphatic carbocycles. The van der Waals surface area contributed by atoms with Crippen molar-refractivity contribution < 1.29 is 32.2 Å². The standard InChI is InChI=1S/C20H21ClN2O7S/c1-22(31(26,27)13-8-9-16(28-2)14(21)10-13)12-19(24)23-11-18(20(25)29-3)30-17-7-5-4-6-15(17)23/h4-10,18H,11-12H2,1-3H3. The van der Waals surface area contributed by atoms with Gasteiger partial charge in [-0.15, -0.1) is 0 Å². The second-order valence-corrected chi connectivity index (χ2v) is 9.11. The molecule has 9 nitrogen and oxygen atoms in total. The average Bonchev–Trinajstić information content (AvgIpc) is 2.77. The summed E-state index contributed by atoms with van der Waals surface area (Å²) < 4.78 is 42.1.